The zero-order valence-electron chi connectivity index (χ0n) is 11.0. The Morgan fingerprint density at radius 1 is 1.55 bits per heavy atom. The van der Waals surface area contributed by atoms with Gasteiger partial charge in [0.2, 0.25) is 0 Å². The molecule has 2 rings (SSSR count). The molecule has 6 nitrogen and oxygen atoms in total. The van der Waals surface area contributed by atoms with Gasteiger partial charge in [-0.3, -0.25) is 9.55 Å². The molecule has 1 saturated heterocycles. The van der Waals surface area contributed by atoms with Gasteiger partial charge in [0.1, 0.15) is 11.0 Å². The average Bonchev–Trinajstić information content (AvgIpc) is 2.78. The third-order valence-electron chi connectivity index (χ3n) is 3.12. The molecule has 1 atom stereocenters. The highest BCUT2D eigenvalue weighted by Crippen LogP contribution is 2.17. The number of hydrogen-bond acceptors (Lipinski definition) is 4. The van der Waals surface area contributed by atoms with Crippen molar-refractivity contribution < 1.29 is 13.0 Å². The Bertz CT molecular complexity index is 601. The maximum atomic E-state index is 11.0. The monoisotopic (exact) mass is 317 g/mol. The molecule has 1 aromatic heterocycles. The number of amidine groups is 1. The van der Waals surface area contributed by atoms with Gasteiger partial charge in [0, 0.05) is 25.7 Å². The number of hydrogen-bond donors (Lipinski definition) is 1. The third kappa shape index (κ3) is 3.91. The van der Waals surface area contributed by atoms with Crippen molar-refractivity contribution in [2.75, 3.05) is 6.54 Å². The van der Waals surface area contributed by atoms with E-state index < -0.39 is 15.5 Å². The molecule has 8 heteroatoms. The Hall–Kier alpha value is -1.18. The van der Waals surface area contributed by atoms with Crippen LogP contribution in [0.15, 0.2) is 23.3 Å². The first-order valence-corrected chi connectivity index (χ1v) is 8.13. The van der Waals surface area contributed by atoms with Gasteiger partial charge < -0.3 is 4.90 Å². The van der Waals surface area contributed by atoms with Gasteiger partial charge in [0.05, 0.1) is 0 Å². The van der Waals surface area contributed by atoms with Crippen LogP contribution in [0.3, 0.4) is 0 Å². The van der Waals surface area contributed by atoms with Crippen LogP contribution in [-0.4, -0.2) is 40.6 Å². The fourth-order valence-electron chi connectivity index (χ4n) is 2.03. The maximum Gasteiger partial charge on any atom is 0.288 e. The standard InChI is InChI=1S/C12H16ClN3O3S/c1-9(20(17,18)19)15-12-3-2-6-16(12)8-10-4-5-11(13)14-7-10/h4-5,7,9H,2-3,6,8H2,1H3,(H,17,18,19)/b15-12+. The summed E-state index contributed by atoms with van der Waals surface area (Å²) in [5.74, 6) is 0.699. The fraction of sp³-hybridized carbons (Fsp3) is 0.500. The minimum absolute atomic E-state index is 0.434. The molecule has 1 aromatic rings. The highest BCUT2D eigenvalue weighted by Gasteiger charge is 2.23. The molecule has 1 fully saturated rings. The van der Waals surface area contributed by atoms with Crippen LogP contribution in [-0.2, 0) is 16.7 Å². The summed E-state index contributed by atoms with van der Waals surface area (Å²) in [5, 5.41) is -0.703. The van der Waals surface area contributed by atoms with Crippen LogP contribution in [0, 0.1) is 0 Å². The topological polar surface area (TPSA) is 82.9 Å². The van der Waals surface area contributed by atoms with Crippen molar-refractivity contribution in [3.05, 3.63) is 29.0 Å². The van der Waals surface area contributed by atoms with Gasteiger partial charge in [0.25, 0.3) is 10.1 Å². The third-order valence-corrected chi connectivity index (χ3v) is 4.31. The molecule has 0 aromatic carbocycles. The van der Waals surface area contributed by atoms with Gasteiger partial charge >= 0.3 is 0 Å². The van der Waals surface area contributed by atoms with Crippen molar-refractivity contribution in [1.29, 1.82) is 0 Å². The Kier molecular flexibility index (Phi) is 4.62. The minimum atomic E-state index is -4.14. The van der Waals surface area contributed by atoms with Crippen molar-refractivity contribution in [1.82, 2.24) is 9.88 Å². The Morgan fingerprint density at radius 3 is 2.90 bits per heavy atom. The predicted molar refractivity (Wildman–Crippen MR) is 77.3 cm³/mol. The van der Waals surface area contributed by atoms with E-state index in [1.807, 2.05) is 11.0 Å². The van der Waals surface area contributed by atoms with Crippen LogP contribution < -0.4 is 0 Å². The number of halogens is 1. The summed E-state index contributed by atoms with van der Waals surface area (Å²) in [6, 6.07) is 3.59. The van der Waals surface area contributed by atoms with E-state index >= 15 is 0 Å². The second-order valence-corrected chi connectivity index (χ2v) is 6.77. The number of likely N-dealkylation sites (tertiary alicyclic amines) is 1. The lowest BCUT2D eigenvalue weighted by Gasteiger charge is -2.19. The largest absolute Gasteiger partial charge is 0.356 e. The number of aliphatic imine (C=N–C) groups is 1. The molecule has 0 spiro atoms. The summed E-state index contributed by atoms with van der Waals surface area (Å²) in [6.07, 6.45) is 3.31. The first-order chi connectivity index (χ1) is 9.36. The molecule has 2 heterocycles. The molecule has 1 aliphatic heterocycles. The highest BCUT2D eigenvalue weighted by atomic mass is 35.5. The number of pyridine rings is 1. The van der Waals surface area contributed by atoms with E-state index in [1.165, 1.54) is 6.92 Å². The molecular formula is C12H16ClN3O3S. The molecule has 0 bridgehead atoms. The highest BCUT2D eigenvalue weighted by molar-refractivity contribution is 7.86. The van der Waals surface area contributed by atoms with Gasteiger partial charge in [-0.15, -0.1) is 0 Å². The lowest BCUT2D eigenvalue weighted by molar-refractivity contribution is 0.442. The van der Waals surface area contributed by atoms with E-state index in [9.17, 15) is 8.42 Å². The summed E-state index contributed by atoms with van der Waals surface area (Å²) < 4.78 is 31.0. The van der Waals surface area contributed by atoms with Crippen molar-refractivity contribution in [3.8, 4) is 0 Å². The molecule has 0 saturated carbocycles. The zero-order valence-corrected chi connectivity index (χ0v) is 12.6. The Balaban J connectivity index is 2.11. The van der Waals surface area contributed by atoms with Crippen molar-refractivity contribution in [2.45, 2.75) is 31.7 Å². The van der Waals surface area contributed by atoms with E-state index in [1.54, 1.807) is 12.3 Å². The maximum absolute atomic E-state index is 11.0. The van der Waals surface area contributed by atoms with Crippen molar-refractivity contribution in [2.24, 2.45) is 4.99 Å². The molecule has 20 heavy (non-hydrogen) atoms. The Labute approximate surface area is 123 Å². The normalized spacial score (nSPS) is 19.6. The first kappa shape index (κ1) is 15.2. The second kappa shape index (κ2) is 6.07. The van der Waals surface area contributed by atoms with E-state index in [2.05, 4.69) is 9.98 Å². The minimum Gasteiger partial charge on any atom is -0.356 e. The van der Waals surface area contributed by atoms with Crippen LogP contribution in [0.1, 0.15) is 25.3 Å². The lowest BCUT2D eigenvalue weighted by Crippen LogP contribution is -2.27. The molecule has 0 amide bonds. The van der Waals surface area contributed by atoms with Crippen LogP contribution in [0.2, 0.25) is 5.15 Å². The van der Waals surface area contributed by atoms with Crippen LogP contribution in [0.5, 0.6) is 0 Å². The second-order valence-electron chi connectivity index (χ2n) is 4.67. The Morgan fingerprint density at radius 2 is 2.30 bits per heavy atom. The van der Waals surface area contributed by atoms with Crippen LogP contribution in [0.25, 0.3) is 0 Å². The van der Waals surface area contributed by atoms with Gasteiger partial charge in [-0.25, -0.2) is 4.98 Å². The molecule has 0 aliphatic carbocycles. The quantitative estimate of drug-likeness (QED) is 0.678. The van der Waals surface area contributed by atoms with Gasteiger partial charge in [-0.1, -0.05) is 17.7 Å². The molecule has 110 valence electrons. The summed E-state index contributed by atoms with van der Waals surface area (Å²) in [7, 11) is -4.14. The van der Waals surface area contributed by atoms with E-state index in [0.29, 0.717) is 24.0 Å². The van der Waals surface area contributed by atoms with E-state index in [0.717, 1.165) is 18.5 Å². The zero-order chi connectivity index (χ0) is 14.8. The number of nitrogens with zero attached hydrogens (tertiary/aromatic N) is 3. The average molecular weight is 318 g/mol. The SMILES string of the molecule is CC(/N=C1\CCCN1Cc1ccc(Cl)nc1)S(=O)(=O)O. The van der Waals surface area contributed by atoms with Crippen LogP contribution in [0.4, 0.5) is 0 Å². The smallest absolute Gasteiger partial charge is 0.288 e. The van der Waals surface area contributed by atoms with Gasteiger partial charge in [0.15, 0.2) is 5.37 Å². The predicted octanol–water partition coefficient (Wildman–Crippen LogP) is 1.96. The summed E-state index contributed by atoms with van der Waals surface area (Å²) in [4.78, 5) is 10.1. The summed E-state index contributed by atoms with van der Waals surface area (Å²) >= 11 is 5.73. The van der Waals surface area contributed by atoms with Crippen molar-refractivity contribution >= 4 is 27.6 Å². The van der Waals surface area contributed by atoms with E-state index in [4.69, 9.17) is 16.2 Å². The molecular weight excluding hydrogens is 302 g/mol. The van der Waals surface area contributed by atoms with Gasteiger partial charge in [-0.05, 0) is 25.0 Å². The van der Waals surface area contributed by atoms with Crippen LogP contribution >= 0.6 is 11.6 Å². The molecule has 0 radical (unpaired) electrons. The van der Waals surface area contributed by atoms with E-state index in [-0.39, 0.29) is 0 Å². The summed E-state index contributed by atoms with van der Waals surface area (Å²) in [5.41, 5.74) is 0.975. The van der Waals surface area contributed by atoms with Gasteiger partial charge in [-0.2, -0.15) is 8.42 Å². The molecule has 1 aliphatic rings. The lowest BCUT2D eigenvalue weighted by atomic mass is 10.3. The molecule has 1 unspecified atom stereocenters. The fourth-order valence-corrected chi connectivity index (χ4v) is 2.40. The van der Waals surface area contributed by atoms with Crippen molar-refractivity contribution in [3.63, 3.8) is 0 Å². The first-order valence-electron chi connectivity index (χ1n) is 6.24. The molecule has 1 N–H and O–H groups in total. The number of aromatic nitrogens is 1. The summed E-state index contributed by atoms with van der Waals surface area (Å²) in [6.45, 7) is 2.77. The number of rotatable bonds is 4.